The molecule has 0 heterocycles. The zero-order chi connectivity index (χ0) is 11.6. The molecule has 1 heteroatoms. The normalized spacial score (nSPS) is 10.7. The molecule has 0 atom stereocenters. The summed E-state index contributed by atoms with van der Waals surface area (Å²) >= 11 is 0. The first-order valence-electron chi connectivity index (χ1n) is 6.24. The van der Waals surface area contributed by atoms with E-state index >= 15 is 0 Å². The van der Waals surface area contributed by atoms with Crippen LogP contribution in [-0.4, -0.2) is 24.5 Å². The van der Waals surface area contributed by atoms with E-state index in [1.807, 2.05) is 13.8 Å². The second kappa shape index (κ2) is 11.0. The minimum atomic E-state index is 0.698. The Morgan fingerprint density at radius 1 is 0.929 bits per heavy atom. The first-order chi connectivity index (χ1) is 6.54. The summed E-state index contributed by atoms with van der Waals surface area (Å²) < 4.78 is 0. The fraction of sp³-hybridized carbons (Fsp3) is 1.00. The van der Waals surface area contributed by atoms with Gasteiger partial charge in [0, 0.05) is 6.04 Å². The highest BCUT2D eigenvalue weighted by atomic mass is 15.1. The van der Waals surface area contributed by atoms with Gasteiger partial charge in [-0.15, -0.1) is 0 Å². The van der Waals surface area contributed by atoms with E-state index in [-0.39, 0.29) is 0 Å². The molecule has 0 aromatic carbocycles. The summed E-state index contributed by atoms with van der Waals surface area (Å²) in [6.07, 6.45) is 4.12. The van der Waals surface area contributed by atoms with Crippen molar-refractivity contribution in [3.63, 3.8) is 0 Å². The van der Waals surface area contributed by atoms with Crippen LogP contribution in [0, 0.1) is 5.92 Å². The number of nitrogens with zero attached hydrogens (tertiary/aromatic N) is 1. The van der Waals surface area contributed by atoms with Crippen LogP contribution < -0.4 is 0 Å². The summed E-state index contributed by atoms with van der Waals surface area (Å²) in [6, 6.07) is 0.698. The third-order valence-electron chi connectivity index (χ3n) is 2.42. The second-order valence-electron chi connectivity index (χ2n) is 4.46. The zero-order valence-electron chi connectivity index (χ0n) is 11.4. The van der Waals surface area contributed by atoms with E-state index < -0.39 is 0 Å². The molecule has 0 unspecified atom stereocenters. The van der Waals surface area contributed by atoms with E-state index in [1.54, 1.807) is 0 Å². The van der Waals surface area contributed by atoms with Gasteiger partial charge in [0.1, 0.15) is 0 Å². The van der Waals surface area contributed by atoms with Crippen molar-refractivity contribution in [2.75, 3.05) is 13.6 Å². The van der Waals surface area contributed by atoms with E-state index in [1.165, 1.54) is 25.8 Å². The van der Waals surface area contributed by atoms with Crippen LogP contribution in [-0.2, 0) is 0 Å². The molecule has 0 aliphatic heterocycles. The maximum Gasteiger partial charge on any atom is 0.00355 e. The van der Waals surface area contributed by atoms with E-state index in [9.17, 15) is 0 Å². The van der Waals surface area contributed by atoms with Crippen LogP contribution >= 0.6 is 0 Å². The maximum absolute atomic E-state index is 2.42. The summed E-state index contributed by atoms with van der Waals surface area (Å²) in [4.78, 5) is 2.42. The van der Waals surface area contributed by atoms with Crippen molar-refractivity contribution >= 4 is 0 Å². The Morgan fingerprint density at radius 3 is 1.79 bits per heavy atom. The molecule has 1 nitrogen and oxygen atoms in total. The summed E-state index contributed by atoms with van der Waals surface area (Å²) in [5.74, 6) is 0.870. The molecule has 0 radical (unpaired) electrons. The fourth-order valence-electron chi connectivity index (χ4n) is 1.17. The van der Waals surface area contributed by atoms with Gasteiger partial charge in [-0.2, -0.15) is 0 Å². The molecule has 0 fully saturated rings. The van der Waals surface area contributed by atoms with Gasteiger partial charge in [-0.1, -0.05) is 40.5 Å². The third-order valence-corrected chi connectivity index (χ3v) is 2.42. The van der Waals surface area contributed by atoms with E-state index in [4.69, 9.17) is 0 Å². The third kappa shape index (κ3) is 12.0. The van der Waals surface area contributed by atoms with Crippen molar-refractivity contribution in [3.05, 3.63) is 0 Å². The quantitative estimate of drug-likeness (QED) is 0.583. The monoisotopic (exact) mass is 201 g/mol. The average Bonchev–Trinajstić information content (AvgIpc) is 2.15. The van der Waals surface area contributed by atoms with Gasteiger partial charge in [0.05, 0.1) is 0 Å². The van der Waals surface area contributed by atoms with E-state index in [2.05, 4.69) is 39.6 Å². The topological polar surface area (TPSA) is 3.24 Å². The molecule has 0 aliphatic rings. The Morgan fingerprint density at radius 2 is 1.43 bits per heavy atom. The summed E-state index contributed by atoms with van der Waals surface area (Å²) in [7, 11) is 2.21. The highest BCUT2D eigenvalue weighted by Crippen LogP contribution is 2.07. The Balaban J connectivity index is 0. The molecule has 0 aromatic heterocycles. The molecule has 0 saturated heterocycles. The maximum atomic E-state index is 2.42. The van der Waals surface area contributed by atoms with Crippen molar-refractivity contribution in [3.8, 4) is 0 Å². The van der Waals surface area contributed by atoms with E-state index in [0.29, 0.717) is 6.04 Å². The van der Waals surface area contributed by atoms with Gasteiger partial charge in [0.15, 0.2) is 0 Å². The molecule has 0 saturated carbocycles. The smallest absolute Gasteiger partial charge is 0.00355 e. The molecule has 14 heavy (non-hydrogen) atoms. The van der Waals surface area contributed by atoms with Gasteiger partial charge >= 0.3 is 0 Å². The Labute approximate surface area is 91.9 Å². The van der Waals surface area contributed by atoms with Crippen LogP contribution in [0.3, 0.4) is 0 Å². The van der Waals surface area contributed by atoms with Crippen LogP contribution in [0.2, 0.25) is 0 Å². The Hall–Kier alpha value is -0.0400. The molecule has 0 aromatic rings. The lowest BCUT2D eigenvalue weighted by molar-refractivity contribution is 0.265. The predicted octanol–water partition coefficient (Wildman–Crippen LogP) is 4.18. The lowest BCUT2D eigenvalue weighted by Gasteiger charge is -2.20. The molecular weight excluding hydrogens is 170 g/mol. The largest absolute Gasteiger partial charge is 0.304 e. The van der Waals surface area contributed by atoms with Crippen molar-refractivity contribution < 1.29 is 0 Å². The van der Waals surface area contributed by atoms with Gasteiger partial charge in [0.2, 0.25) is 0 Å². The van der Waals surface area contributed by atoms with Crippen LogP contribution in [0.25, 0.3) is 0 Å². The molecule has 0 aliphatic carbocycles. The zero-order valence-corrected chi connectivity index (χ0v) is 11.4. The Kier molecular flexibility index (Phi) is 12.9. The number of rotatable bonds is 6. The van der Waals surface area contributed by atoms with Crippen LogP contribution in [0.5, 0.6) is 0 Å². The van der Waals surface area contributed by atoms with E-state index in [0.717, 1.165) is 5.92 Å². The van der Waals surface area contributed by atoms with Gasteiger partial charge in [-0.05, 0) is 39.8 Å². The summed E-state index contributed by atoms with van der Waals surface area (Å²) in [5.41, 5.74) is 0. The molecule has 0 bridgehead atoms. The first kappa shape index (κ1) is 16.4. The lowest BCUT2D eigenvalue weighted by Crippen LogP contribution is -2.27. The molecule has 0 N–H and O–H groups in total. The predicted molar refractivity (Wildman–Crippen MR) is 67.8 cm³/mol. The molecular formula is C13H31N. The van der Waals surface area contributed by atoms with Crippen molar-refractivity contribution in [2.24, 2.45) is 5.92 Å². The highest BCUT2D eigenvalue weighted by molar-refractivity contribution is 4.57. The van der Waals surface area contributed by atoms with Crippen LogP contribution in [0.15, 0.2) is 0 Å². The molecule has 0 amide bonds. The Bertz CT molecular complexity index is 97.4. The van der Waals surface area contributed by atoms with Crippen LogP contribution in [0.4, 0.5) is 0 Å². The standard InChI is InChI=1S/C11H25N.C2H6/c1-10(2)8-6-7-9-12(5)11(3)4;1-2/h10-11H,6-9H2,1-5H3;1-2H3. The lowest BCUT2D eigenvalue weighted by atomic mass is 10.1. The van der Waals surface area contributed by atoms with Gasteiger partial charge in [-0.3, -0.25) is 0 Å². The van der Waals surface area contributed by atoms with Crippen molar-refractivity contribution in [1.82, 2.24) is 4.90 Å². The molecule has 88 valence electrons. The van der Waals surface area contributed by atoms with Crippen molar-refractivity contribution in [2.45, 2.75) is 66.8 Å². The van der Waals surface area contributed by atoms with Crippen LogP contribution in [0.1, 0.15) is 60.8 Å². The molecule has 0 spiro atoms. The molecule has 0 rings (SSSR count). The SMILES string of the molecule is CC.CC(C)CCCCN(C)C(C)C. The number of hydrogen-bond acceptors (Lipinski definition) is 1. The minimum absolute atomic E-state index is 0.698. The number of unbranched alkanes of at least 4 members (excludes halogenated alkanes) is 1. The first-order valence-corrected chi connectivity index (χ1v) is 6.24. The van der Waals surface area contributed by atoms with Gasteiger partial charge < -0.3 is 4.90 Å². The van der Waals surface area contributed by atoms with Gasteiger partial charge in [0.25, 0.3) is 0 Å². The average molecular weight is 201 g/mol. The second-order valence-corrected chi connectivity index (χ2v) is 4.46. The summed E-state index contributed by atoms with van der Waals surface area (Å²) in [6.45, 7) is 14.4. The highest BCUT2D eigenvalue weighted by Gasteiger charge is 2.02. The fourth-order valence-corrected chi connectivity index (χ4v) is 1.17. The number of hydrogen-bond donors (Lipinski definition) is 0. The van der Waals surface area contributed by atoms with Crippen molar-refractivity contribution in [1.29, 1.82) is 0 Å². The minimum Gasteiger partial charge on any atom is -0.304 e. The summed E-state index contributed by atoms with van der Waals surface area (Å²) in [5, 5.41) is 0. The van der Waals surface area contributed by atoms with Gasteiger partial charge in [-0.25, -0.2) is 0 Å².